The minimum Gasteiger partial charge on any atom is -0.387 e. The van der Waals surface area contributed by atoms with Crippen LogP contribution in [0.15, 0.2) is 10.7 Å². The molecule has 0 aliphatic heterocycles. The van der Waals surface area contributed by atoms with Gasteiger partial charge in [-0.1, -0.05) is 11.6 Å². The van der Waals surface area contributed by atoms with Crippen molar-refractivity contribution in [2.75, 3.05) is 0 Å². The molecule has 0 unspecified atom stereocenters. The first-order valence-electron chi connectivity index (χ1n) is 3.64. The van der Waals surface area contributed by atoms with Gasteiger partial charge in [0.2, 0.25) is 5.88 Å². The zero-order chi connectivity index (χ0) is 11.6. The van der Waals surface area contributed by atoms with E-state index in [0.29, 0.717) is 0 Å². The molecule has 15 heavy (non-hydrogen) atoms. The lowest BCUT2D eigenvalue weighted by atomic mass is 10.3. The fourth-order valence-corrected chi connectivity index (χ4v) is 1.46. The van der Waals surface area contributed by atoms with Gasteiger partial charge in [0, 0.05) is 16.6 Å². The third-order valence-electron chi connectivity index (χ3n) is 1.44. The lowest BCUT2D eigenvalue weighted by Crippen LogP contribution is -2.19. The van der Waals surface area contributed by atoms with Crippen molar-refractivity contribution in [1.82, 2.24) is 4.98 Å². The highest BCUT2D eigenvalue weighted by Crippen LogP contribution is 2.33. The number of pyridine rings is 1. The Morgan fingerprint density at radius 3 is 2.60 bits per heavy atom. The molecule has 1 aromatic rings. The van der Waals surface area contributed by atoms with Gasteiger partial charge in [-0.15, -0.1) is 13.2 Å². The molecule has 1 rings (SSSR count). The molecule has 0 amide bonds. The van der Waals surface area contributed by atoms with Gasteiger partial charge in [0.15, 0.2) is 0 Å². The summed E-state index contributed by atoms with van der Waals surface area (Å²) in [5.41, 5.74) is 5.33. The Hall–Kier alpha value is -0.530. The fraction of sp³-hybridized carbons (Fsp3) is 0.286. The minimum atomic E-state index is -4.80. The Morgan fingerprint density at radius 1 is 1.53 bits per heavy atom. The summed E-state index contributed by atoms with van der Waals surface area (Å²) in [7, 11) is 0. The second-order valence-electron chi connectivity index (χ2n) is 2.46. The van der Waals surface area contributed by atoms with E-state index in [-0.39, 0.29) is 21.6 Å². The van der Waals surface area contributed by atoms with Crippen molar-refractivity contribution in [2.45, 2.75) is 12.9 Å². The zero-order valence-electron chi connectivity index (χ0n) is 7.11. The van der Waals surface area contributed by atoms with Crippen LogP contribution >= 0.6 is 27.5 Å². The van der Waals surface area contributed by atoms with Crippen molar-refractivity contribution in [2.24, 2.45) is 5.73 Å². The van der Waals surface area contributed by atoms with E-state index in [4.69, 9.17) is 17.3 Å². The van der Waals surface area contributed by atoms with Crippen LogP contribution < -0.4 is 10.5 Å². The number of hydrogen-bond donors (Lipinski definition) is 1. The lowest BCUT2D eigenvalue weighted by molar-refractivity contribution is -0.276. The average molecular weight is 305 g/mol. The molecule has 3 nitrogen and oxygen atoms in total. The summed E-state index contributed by atoms with van der Waals surface area (Å²) in [5.74, 6) is -0.596. The van der Waals surface area contributed by atoms with Crippen LogP contribution in [0.3, 0.4) is 0 Å². The van der Waals surface area contributed by atoms with Crippen LogP contribution in [0.4, 0.5) is 13.2 Å². The highest BCUT2D eigenvalue weighted by Gasteiger charge is 2.33. The topological polar surface area (TPSA) is 48.1 Å². The van der Waals surface area contributed by atoms with Gasteiger partial charge in [-0.2, -0.15) is 0 Å². The van der Waals surface area contributed by atoms with Crippen molar-refractivity contribution in [3.63, 3.8) is 0 Å². The fourth-order valence-electron chi connectivity index (χ4n) is 0.862. The first-order chi connectivity index (χ1) is 6.85. The molecule has 0 atom stereocenters. The molecule has 0 radical (unpaired) electrons. The van der Waals surface area contributed by atoms with E-state index in [1.54, 1.807) is 0 Å². The van der Waals surface area contributed by atoms with Crippen LogP contribution in [0, 0.1) is 0 Å². The molecular formula is C7H5BrClF3N2O. The average Bonchev–Trinajstić information content (AvgIpc) is 2.10. The van der Waals surface area contributed by atoms with Crippen LogP contribution in [0.5, 0.6) is 5.88 Å². The largest absolute Gasteiger partial charge is 0.574 e. The van der Waals surface area contributed by atoms with Crippen molar-refractivity contribution in [3.05, 3.63) is 21.3 Å². The Balaban J connectivity index is 3.14. The summed E-state index contributed by atoms with van der Waals surface area (Å²) in [6.07, 6.45) is -3.75. The molecular weight excluding hydrogens is 300 g/mol. The second-order valence-corrected chi connectivity index (χ2v) is 3.66. The minimum absolute atomic E-state index is 0.0693. The molecule has 0 saturated carbocycles. The van der Waals surface area contributed by atoms with Gasteiger partial charge in [0.25, 0.3) is 0 Å². The maximum Gasteiger partial charge on any atom is 0.574 e. The van der Waals surface area contributed by atoms with Crippen molar-refractivity contribution >= 4 is 27.5 Å². The van der Waals surface area contributed by atoms with Crippen LogP contribution in [0.25, 0.3) is 0 Å². The van der Waals surface area contributed by atoms with Crippen molar-refractivity contribution in [1.29, 1.82) is 0 Å². The Bertz CT molecular complexity index is 372. The van der Waals surface area contributed by atoms with Gasteiger partial charge in [0.05, 0.1) is 11.2 Å². The number of aromatic nitrogens is 1. The molecule has 0 bridgehead atoms. The SMILES string of the molecule is NCc1c(OC(F)(F)F)ncc(Cl)c1Br. The number of nitrogens with zero attached hydrogens (tertiary/aromatic N) is 1. The van der Waals surface area contributed by atoms with Crippen LogP contribution in [0.2, 0.25) is 5.02 Å². The standard InChI is InChI=1S/C7H5BrClF3N2O/c8-5-3(1-13)6(14-2-4(5)9)15-7(10,11)12/h2H,1,13H2. The number of halogens is 5. The third kappa shape index (κ3) is 3.22. The van der Waals surface area contributed by atoms with E-state index < -0.39 is 12.2 Å². The maximum atomic E-state index is 11.9. The predicted octanol–water partition coefficient (Wildman–Crippen LogP) is 2.85. The Labute approximate surface area is 96.5 Å². The summed E-state index contributed by atoms with van der Waals surface area (Å²) in [6.45, 7) is -0.167. The van der Waals surface area contributed by atoms with E-state index in [0.717, 1.165) is 6.20 Å². The summed E-state index contributed by atoms with van der Waals surface area (Å²) in [4.78, 5) is 3.41. The molecule has 0 aliphatic rings. The number of alkyl halides is 3. The summed E-state index contributed by atoms with van der Waals surface area (Å²) in [5, 5.41) is 0.171. The first-order valence-corrected chi connectivity index (χ1v) is 4.81. The van der Waals surface area contributed by atoms with E-state index >= 15 is 0 Å². The summed E-state index contributed by atoms with van der Waals surface area (Å²) >= 11 is 8.63. The summed E-state index contributed by atoms with van der Waals surface area (Å²) < 4.78 is 39.7. The molecule has 8 heteroatoms. The quantitative estimate of drug-likeness (QED) is 0.914. The van der Waals surface area contributed by atoms with Gasteiger partial charge < -0.3 is 10.5 Å². The van der Waals surface area contributed by atoms with Gasteiger partial charge in [-0.3, -0.25) is 0 Å². The normalized spacial score (nSPS) is 11.6. The molecule has 0 aliphatic carbocycles. The van der Waals surface area contributed by atoms with Crippen LogP contribution in [-0.2, 0) is 6.54 Å². The van der Waals surface area contributed by atoms with Gasteiger partial charge in [-0.25, -0.2) is 4.98 Å². The number of ether oxygens (including phenoxy) is 1. The molecule has 1 aromatic heterocycles. The first kappa shape index (κ1) is 12.5. The monoisotopic (exact) mass is 304 g/mol. The molecule has 0 saturated heterocycles. The van der Waals surface area contributed by atoms with Crippen molar-refractivity contribution < 1.29 is 17.9 Å². The predicted molar refractivity (Wildman–Crippen MR) is 51.5 cm³/mol. The smallest absolute Gasteiger partial charge is 0.387 e. The molecule has 84 valence electrons. The molecule has 2 N–H and O–H groups in total. The Morgan fingerprint density at radius 2 is 2.13 bits per heavy atom. The number of hydrogen-bond acceptors (Lipinski definition) is 3. The van der Waals surface area contributed by atoms with Gasteiger partial charge in [0.1, 0.15) is 0 Å². The van der Waals surface area contributed by atoms with Crippen LogP contribution in [0.1, 0.15) is 5.56 Å². The third-order valence-corrected chi connectivity index (χ3v) is 2.87. The van der Waals surface area contributed by atoms with Crippen LogP contribution in [-0.4, -0.2) is 11.3 Å². The molecule has 0 spiro atoms. The lowest BCUT2D eigenvalue weighted by Gasteiger charge is -2.12. The number of rotatable bonds is 2. The van der Waals surface area contributed by atoms with Gasteiger partial charge >= 0.3 is 6.36 Å². The number of nitrogens with two attached hydrogens (primary N) is 1. The van der Waals surface area contributed by atoms with Gasteiger partial charge in [-0.05, 0) is 15.9 Å². The molecule has 1 heterocycles. The summed E-state index contributed by atoms with van der Waals surface area (Å²) in [6, 6.07) is 0. The zero-order valence-corrected chi connectivity index (χ0v) is 9.45. The highest BCUT2D eigenvalue weighted by molar-refractivity contribution is 9.10. The van der Waals surface area contributed by atoms with E-state index in [1.165, 1.54) is 0 Å². The second kappa shape index (κ2) is 4.54. The highest BCUT2D eigenvalue weighted by atomic mass is 79.9. The van der Waals surface area contributed by atoms with Crippen molar-refractivity contribution in [3.8, 4) is 5.88 Å². The maximum absolute atomic E-state index is 11.9. The molecule has 0 fully saturated rings. The van der Waals surface area contributed by atoms with E-state index in [1.807, 2.05) is 0 Å². The molecule has 0 aromatic carbocycles. The van der Waals surface area contributed by atoms with E-state index in [2.05, 4.69) is 25.7 Å². The Kier molecular flexibility index (Phi) is 3.80. The van der Waals surface area contributed by atoms with E-state index in [9.17, 15) is 13.2 Å².